The average Bonchev–Trinajstić information content (AvgIpc) is 2.92. The van der Waals surface area contributed by atoms with Gasteiger partial charge in [-0.25, -0.2) is 0 Å². The lowest BCUT2D eigenvalue weighted by molar-refractivity contribution is -0.151. The van der Waals surface area contributed by atoms with E-state index < -0.39 is 0 Å². The van der Waals surface area contributed by atoms with Crippen LogP contribution in [-0.4, -0.2) is 36.5 Å². The summed E-state index contributed by atoms with van der Waals surface area (Å²) in [6.45, 7) is 3.65. The number of allylic oxidation sites excluding steroid dienone is 2. The predicted molar refractivity (Wildman–Crippen MR) is 72.4 cm³/mol. The van der Waals surface area contributed by atoms with Crippen LogP contribution in [0.5, 0.6) is 0 Å². The molecule has 1 aliphatic heterocycles. The summed E-state index contributed by atoms with van der Waals surface area (Å²) in [5.41, 5.74) is 0. The van der Waals surface area contributed by atoms with E-state index in [1.54, 1.807) is 0 Å². The van der Waals surface area contributed by atoms with Gasteiger partial charge in [-0.05, 0) is 38.5 Å². The van der Waals surface area contributed by atoms with Gasteiger partial charge < -0.3 is 9.64 Å². The van der Waals surface area contributed by atoms with Crippen molar-refractivity contribution >= 4 is 11.9 Å². The van der Waals surface area contributed by atoms with Gasteiger partial charge in [-0.3, -0.25) is 9.59 Å². The summed E-state index contributed by atoms with van der Waals surface area (Å²) in [5.74, 6) is 0.540. The standard InChI is InChI=1S/C15H23NO3/c1-2-19-15(18)13-7-9-16(10-8-13)14(17)11-12-5-3-4-6-12/h3,5,12-13H,2,4,6-11H2,1H3. The molecule has 1 aliphatic carbocycles. The molecule has 0 radical (unpaired) electrons. The van der Waals surface area contributed by atoms with Crippen molar-refractivity contribution in [2.24, 2.45) is 11.8 Å². The fraction of sp³-hybridized carbons (Fsp3) is 0.733. The maximum Gasteiger partial charge on any atom is 0.309 e. The zero-order valence-corrected chi connectivity index (χ0v) is 11.6. The van der Waals surface area contributed by atoms with Crippen LogP contribution < -0.4 is 0 Å². The van der Waals surface area contributed by atoms with E-state index in [2.05, 4.69) is 12.2 Å². The lowest BCUT2D eigenvalue weighted by Gasteiger charge is -2.31. The molecule has 0 saturated carbocycles. The largest absolute Gasteiger partial charge is 0.466 e. The Balaban J connectivity index is 1.74. The number of likely N-dealkylation sites (tertiary alicyclic amines) is 1. The van der Waals surface area contributed by atoms with Crippen molar-refractivity contribution in [1.29, 1.82) is 0 Å². The smallest absolute Gasteiger partial charge is 0.309 e. The number of carbonyl (C=O) groups is 2. The van der Waals surface area contributed by atoms with Crippen LogP contribution in [-0.2, 0) is 14.3 Å². The van der Waals surface area contributed by atoms with Gasteiger partial charge in [0, 0.05) is 19.5 Å². The van der Waals surface area contributed by atoms with E-state index in [1.165, 1.54) is 0 Å². The molecule has 0 aromatic carbocycles. The Morgan fingerprint density at radius 2 is 2.00 bits per heavy atom. The Labute approximate surface area is 114 Å². The molecule has 0 bridgehead atoms. The van der Waals surface area contributed by atoms with Gasteiger partial charge >= 0.3 is 5.97 Å². The lowest BCUT2D eigenvalue weighted by Crippen LogP contribution is -2.41. The molecule has 1 fully saturated rings. The Hall–Kier alpha value is -1.32. The van der Waals surface area contributed by atoms with Crippen LogP contribution in [0.1, 0.15) is 39.0 Å². The minimum atomic E-state index is -0.103. The molecule has 1 saturated heterocycles. The van der Waals surface area contributed by atoms with Crippen molar-refractivity contribution in [1.82, 2.24) is 4.90 Å². The lowest BCUT2D eigenvalue weighted by atomic mass is 9.96. The molecule has 2 rings (SSSR count). The van der Waals surface area contributed by atoms with Crippen molar-refractivity contribution in [3.8, 4) is 0 Å². The first-order valence-corrected chi connectivity index (χ1v) is 7.31. The van der Waals surface area contributed by atoms with E-state index in [4.69, 9.17) is 4.74 Å². The Kier molecular flexibility index (Phi) is 5.00. The molecule has 0 spiro atoms. The maximum absolute atomic E-state index is 12.1. The molecule has 0 N–H and O–H groups in total. The molecule has 1 unspecified atom stereocenters. The third-order valence-electron chi connectivity index (χ3n) is 4.02. The molecule has 1 heterocycles. The third kappa shape index (κ3) is 3.82. The predicted octanol–water partition coefficient (Wildman–Crippen LogP) is 2.14. The number of rotatable bonds is 4. The highest BCUT2D eigenvalue weighted by Crippen LogP contribution is 2.24. The average molecular weight is 265 g/mol. The zero-order chi connectivity index (χ0) is 13.7. The van der Waals surface area contributed by atoms with E-state index in [1.807, 2.05) is 11.8 Å². The number of nitrogens with zero attached hydrogens (tertiary/aromatic N) is 1. The van der Waals surface area contributed by atoms with Gasteiger partial charge in [0.2, 0.25) is 5.91 Å². The van der Waals surface area contributed by atoms with Crippen LogP contribution in [0.2, 0.25) is 0 Å². The fourth-order valence-corrected chi connectivity index (χ4v) is 2.84. The SMILES string of the molecule is CCOC(=O)C1CCN(C(=O)CC2C=CCC2)CC1. The van der Waals surface area contributed by atoms with Crippen molar-refractivity contribution < 1.29 is 14.3 Å². The highest BCUT2D eigenvalue weighted by molar-refractivity contribution is 5.77. The number of carbonyl (C=O) groups excluding carboxylic acids is 2. The van der Waals surface area contributed by atoms with Crippen molar-refractivity contribution in [3.05, 3.63) is 12.2 Å². The van der Waals surface area contributed by atoms with Crippen LogP contribution in [0.4, 0.5) is 0 Å². The first-order valence-electron chi connectivity index (χ1n) is 7.31. The summed E-state index contributed by atoms with van der Waals surface area (Å²) in [7, 11) is 0. The Bertz CT molecular complexity index is 356. The Morgan fingerprint density at radius 1 is 1.26 bits per heavy atom. The number of amides is 1. The van der Waals surface area contributed by atoms with Crippen LogP contribution in [0.15, 0.2) is 12.2 Å². The number of ether oxygens (including phenoxy) is 1. The van der Waals surface area contributed by atoms with Crippen LogP contribution in [0.25, 0.3) is 0 Å². The first-order chi connectivity index (χ1) is 9.20. The molecule has 0 aromatic heterocycles. The van der Waals surface area contributed by atoms with Crippen molar-refractivity contribution in [2.45, 2.75) is 39.0 Å². The van der Waals surface area contributed by atoms with E-state index in [0.29, 0.717) is 32.0 Å². The summed E-state index contributed by atoms with van der Waals surface area (Å²) in [6.07, 6.45) is 8.62. The second-order valence-corrected chi connectivity index (χ2v) is 5.38. The maximum atomic E-state index is 12.1. The molecule has 19 heavy (non-hydrogen) atoms. The summed E-state index contributed by atoms with van der Waals surface area (Å²) < 4.78 is 5.03. The topological polar surface area (TPSA) is 46.6 Å². The molecule has 106 valence electrons. The zero-order valence-electron chi connectivity index (χ0n) is 11.6. The third-order valence-corrected chi connectivity index (χ3v) is 4.02. The minimum Gasteiger partial charge on any atom is -0.466 e. The number of hydrogen-bond donors (Lipinski definition) is 0. The normalized spacial score (nSPS) is 23.6. The summed E-state index contributed by atoms with van der Waals surface area (Å²) >= 11 is 0. The summed E-state index contributed by atoms with van der Waals surface area (Å²) in [6, 6.07) is 0. The van der Waals surface area contributed by atoms with E-state index in [-0.39, 0.29) is 17.8 Å². The summed E-state index contributed by atoms with van der Waals surface area (Å²) in [5, 5.41) is 0. The van der Waals surface area contributed by atoms with Gasteiger partial charge in [-0.2, -0.15) is 0 Å². The molecule has 4 heteroatoms. The highest BCUT2D eigenvalue weighted by Gasteiger charge is 2.28. The van der Waals surface area contributed by atoms with Gasteiger partial charge in [-0.1, -0.05) is 12.2 Å². The monoisotopic (exact) mass is 265 g/mol. The molecule has 2 aliphatic rings. The van der Waals surface area contributed by atoms with Gasteiger partial charge in [0.05, 0.1) is 12.5 Å². The van der Waals surface area contributed by atoms with Crippen molar-refractivity contribution in [2.75, 3.05) is 19.7 Å². The molecule has 4 nitrogen and oxygen atoms in total. The quantitative estimate of drug-likeness (QED) is 0.578. The molecule has 0 aromatic rings. The Morgan fingerprint density at radius 3 is 2.58 bits per heavy atom. The van der Waals surface area contributed by atoms with Crippen LogP contribution >= 0.6 is 0 Å². The van der Waals surface area contributed by atoms with Gasteiger partial charge in [0.1, 0.15) is 0 Å². The second kappa shape index (κ2) is 6.73. The number of hydrogen-bond acceptors (Lipinski definition) is 3. The van der Waals surface area contributed by atoms with Crippen molar-refractivity contribution in [3.63, 3.8) is 0 Å². The fourth-order valence-electron chi connectivity index (χ4n) is 2.84. The van der Waals surface area contributed by atoms with Gasteiger partial charge in [0.15, 0.2) is 0 Å². The van der Waals surface area contributed by atoms with Crippen LogP contribution in [0, 0.1) is 11.8 Å². The minimum absolute atomic E-state index is 0.0182. The number of piperidine rings is 1. The molecule has 1 atom stereocenters. The van der Waals surface area contributed by atoms with E-state index in [9.17, 15) is 9.59 Å². The van der Waals surface area contributed by atoms with Crippen LogP contribution in [0.3, 0.4) is 0 Å². The number of esters is 1. The van der Waals surface area contributed by atoms with E-state index in [0.717, 1.165) is 25.7 Å². The highest BCUT2D eigenvalue weighted by atomic mass is 16.5. The van der Waals surface area contributed by atoms with Gasteiger partial charge in [0.25, 0.3) is 0 Å². The molecular formula is C15H23NO3. The first kappa shape index (κ1) is 14.1. The van der Waals surface area contributed by atoms with Gasteiger partial charge in [-0.15, -0.1) is 0 Å². The molecule has 1 amide bonds. The van der Waals surface area contributed by atoms with E-state index >= 15 is 0 Å². The molecular weight excluding hydrogens is 242 g/mol. The summed E-state index contributed by atoms with van der Waals surface area (Å²) in [4.78, 5) is 25.7. The second-order valence-electron chi connectivity index (χ2n) is 5.38.